The molecule has 0 bridgehead atoms. The van der Waals surface area contributed by atoms with Gasteiger partial charge in [0.15, 0.2) is 0 Å². The molecule has 0 aliphatic carbocycles. The van der Waals surface area contributed by atoms with Crippen molar-refractivity contribution in [1.29, 1.82) is 0 Å². The van der Waals surface area contributed by atoms with Crippen molar-refractivity contribution in [1.82, 2.24) is 5.32 Å². The molecule has 13 heteroatoms. The number of ether oxygens (including phenoxy) is 2. The van der Waals surface area contributed by atoms with Gasteiger partial charge in [0.2, 0.25) is 17.9 Å². The molecule has 0 spiro atoms. The number of aliphatic hydroxyl groups is 3. The third-order valence-electron chi connectivity index (χ3n) is 3.84. The van der Waals surface area contributed by atoms with Gasteiger partial charge in [-0.3, -0.25) is 25.0 Å². The van der Waals surface area contributed by atoms with Gasteiger partial charge in [-0.25, -0.2) is 0 Å². The summed E-state index contributed by atoms with van der Waals surface area (Å²) in [6.07, 6.45) is -5.97. The highest BCUT2D eigenvalue weighted by atomic mass is 16.7. The summed E-state index contributed by atoms with van der Waals surface area (Å²) in [5.41, 5.74) is -1.28. The fourth-order valence-electron chi connectivity index (χ4n) is 2.56. The summed E-state index contributed by atoms with van der Waals surface area (Å²) in [4.78, 5) is 31.6. The molecule has 5 unspecified atom stereocenters. The Hall–Kier alpha value is -2.87. The number of aliphatic hydroxyl groups excluding tert-OH is 3. The zero-order chi connectivity index (χ0) is 20.3. The molecule has 1 aromatic rings. The van der Waals surface area contributed by atoms with E-state index in [1.165, 1.54) is 0 Å². The van der Waals surface area contributed by atoms with E-state index in [0.29, 0.717) is 6.07 Å². The van der Waals surface area contributed by atoms with E-state index in [1.54, 1.807) is 0 Å². The third-order valence-corrected chi connectivity index (χ3v) is 3.84. The second-order valence-corrected chi connectivity index (χ2v) is 5.72. The molecule has 1 amide bonds. The van der Waals surface area contributed by atoms with Gasteiger partial charge in [-0.05, 0) is 6.07 Å². The largest absolute Gasteiger partial charge is 0.455 e. The average Bonchev–Trinajstić information content (AvgIpc) is 2.60. The van der Waals surface area contributed by atoms with Crippen molar-refractivity contribution < 1.29 is 39.4 Å². The van der Waals surface area contributed by atoms with Crippen molar-refractivity contribution in [3.8, 4) is 5.75 Å². The van der Waals surface area contributed by atoms with Gasteiger partial charge >= 0.3 is 5.69 Å². The molecule has 27 heavy (non-hydrogen) atoms. The second-order valence-electron chi connectivity index (χ2n) is 5.72. The van der Waals surface area contributed by atoms with Crippen LogP contribution in [0.1, 0.15) is 6.92 Å². The molecule has 2 rings (SSSR count). The third kappa shape index (κ3) is 4.46. The Labute approximate surface area is 151 Å². The molecule has 13 nitrogen and oxygen atoms in total. The standard InChI is InChI=1S/C14H17N3O10/c1-6(19)15-11-13(21)12(20)10(5-18)27-14(11)26-9-3-2-7(16(22)23)4-8(9)17(24)25/h2-4,10-14,18,20-21H,5H2,1H3,(H,15,19). The topological polar surface area (TPSA) is 195 Å². The van der Waals surface area contributed by atoms with E-state index >= 15 is 0 Å². The van der Waals surface area contributed by atoms with Crippen LogP contribution >= 0.6 is 0 Å². The lowest BCUT2D eigenvalue weighted by atomic mass is 9.97. The predicted octanol–water partition coefficient (Wildman–Crippen LogP) is -1.17. The molecule has 1 heterocycles. The molecule has 4 N–H and O–H groups in total. The zero-order valence-electron chi connectivity index (χ0n) is 13.9. The summed E-state index contributed by atoms with van der Waals surface area (Å²) in [7, 11) is 0. The predicted molar refractivity (Wildman–Crippen MR) is 85.7 cm³/mol. The number of rotatable bonds is 6. The molecular weight excluding hydrogens is 370 g/mol. The maximum atomic E-state index is 11.4. The van der Waals surface area contributed by atoms with E-state index < -0.39 is 70.1 Å². The van der Waals surface area contributed by atoms with Crippen LogP contribution in [0.2, 0.25) is 0 Å². The van der Waals surface area contributed by atoms with E-state index in [0.717, 1.165) is 19.1 Å². The van der Waals surface area contributed by atoms with Gasteiger partial charge in [-0.1, -0.05) is 0 Å². The molecule has 1 aliphatic heterocycles. The number of non-ortho nitro benzene ring substituents is 1. The molecule has 1 saturated heterocycles. The zero-order valence-corrected chi connectivity index (χ0v) is 13.9. The van der Waals surface area contributed by atoms with Crippen LogP contribution in [0.25, 0.3) is 0 Å². The molecule has 1 aliphatic rings. The lowest BCUT2D eigenvalue weighted by molar-refractivity contribution is -0.395. The Morgan fingerprint density at radius 2 is 1.93 bits per heavy atom. The van der Waals surface area contributed by atoms with Gasteiger partial charge in [0, 0.05) is 13.0 Å². The molecule has 0 radical (unpaired) electrons. The molecular formula is C14H17N3O10. The van der Waals surface area contributed by atoms with Crippen LogP contribution in [0.15, 0.2) is 18.2 Å². The molecule has 1 aromatic carbocycles. The van der Waals surface area contributed by atoms with Crippen LogP contribution in [-0.2, 0) is 9.53 Å². The first-order valence-corrected chi connectivity index (χ1v) is 7.64. The highest BCUT2D eigenvalue weighted by Crippen LogP contribution is 2.33. The number of carbonyl (C=O) groups is 1. The SMILES string of the molecule is CC(=O)NC1C(Oc2ccc([N+](=O)[O-])cc2[N+](=O)[O-])OC(CO)C(O)C1O. The van der Waals surface area contributed by atoms with E-state index in [4.69, 9.17) is 9.47 Å². The van der Waals surface area contributed by atoms with E-state index in [2.05, 4.69) is 5.32 Å². The van der Waals surface area contributed by atoms with E-state index in [-0.39, 0.29) is 0 Å². The van der Waals surface area contributed by atoms with Crippen LogP contribution in [0.5, 0.6) is 5.75 Å². The molecule has 148 valence electrons. The quantitative estimate of drug-likeness (QED) is 0.341. The van der Waals surface area contributed by atoms with Crippen molar-refractivity contribution in [3.05, 3.63) is 38.4 Å². The first-order chi connectivity index (χ1) is 12.6. The van der Waals surface area contributed by atoms with Gasteiger partial charge in [0.05, 0.1) is 22.5 Å². The maximum absolute atomic E-state index is 11.4. The van der Waals surface area contributed by atoms with E-state index in [1.807, 2.05) is 0 Å². The second kappa shape index (κ2) is 8.22. The smallest absolute Gasteiger partial charge is 0.317 e. The molecule has 0 saturated carbocycles. The number of nitro benzene ring substituents is 2. The highest BCUT2D eigenvalue weighted by Gasteiger charge is 2.46. The number of nitrogens with one attached hydrogen (secondary N) is 1. The highest BCUT2D eigenvalue weighted by molar-refractivity contribution is 5.73. The number of carbonyl (C=O) groups excluding carboxylic acids is 1. The van der Waals surface area contributed by atoms with Crippen LogP contribution < -0.4 is 10.1 Å². The van der Waals surface area contributed by atoms with Crippen molar-refractivity contribution >= 4 is 17.3 Å². The summed E-state index contributed by atoms with van der Waals surface area (Å²) in [5.74, 6) is -1.03. The average molecular weight is 387 g/mol. The lowest BCUT2D eigenvalue weighted by Crippen LogP contribution is -2.65. The first kappa shape index (κ1) is 20.4. The van der Waals surface area contributed by atoms with Crippen LogP contribution in [0, 0.1) is 20.2 Å². The number of nitrogens with zero attached hydrogens (tertiary/aromatic N) is 2. The summed E-state index contributed by atoms with van der Waals surface area (Å²) < 4.78 is 10.7. The fraction of sp³-hybridized carbons (Fsp3) is 0.500. The fourth-order valence-corrected chi connectivity index (χ4v) is 2.56. The Morgan fingerprint density at radius 3 is 2.44 bits per heavy atom. The monoisotopic (exact) mass is 387 g/mol. The van der Waals surface area contributed by atoms with E-state index in [9.17, 15) is 40.3 Å². The van der Waals surface area contributed by atoms with Crippen LogP contribution in [0.4, 0.5) is 11.4 Å². The Bertz CT molecular complexity index is 742. The van der Waals surface area contributed by atoms with Gasteiger partial charge in [-0.2, -0.15) is 0 Å². The van der Waals surface area contributed by atoms with Crippen molar-refractivity contribution in [2.45, 2.75) is 37.6 Å². The number of amides is 1. The molecule has 5 atom stereocenters. The number of hydrogen-bond donors (Lipinski definition) is 4. The van der Waals surface area contributed by atoms with Crippen molar-refractivity contribution in [2.75, 3.05) is 6.61 Å². The van der Waals surface area contributed by atoms with Crippen LogP contribution in [0.3, 0.4) is 0 Å². The summed E-state index contributed by atoms with van der Waals surface area (Å²) in [6, 6.07) is 1.29. The Kier molecular flexibility index (Phi) is 6.22. The number of benzene rings is 1. The molecule has 1 fully saturated rings. The normalized spacial score (nSPS) is 27.6. The van der Waals surface area contributed by atoms with Crippen molar-refractivity contribution in [3.63, 3.8) is 0 Å². The first-order valence-electron chi connectivity index (χ1n) is 7.64. The van der Waals surface area contributed by atoms with Gasteiger partial charge in [0.25, 0.3) is 5.69 Å². The maximum Gasteiger partial charge on any atom is 0.317 e. The lowest BCUT2D eigenvalue weighted by Gasteiger charge is -2.41. The summed E-state index contributed by atoms with van der Waals surface area (Å²) >= 11 is 0. The number of nitro groups is 2. The number of hydrogen-bond acceptors (Lipinski definition) is 10. The minimum absolute atomic E-state index is 0.425. The molecule has 0 aromatic heterocycles. The van der Waals surface area contributed by atoms with Crippen LogP contribution in [-0.4, -0.2) is 68.3 Å². The Morgan fingerprint density at radius 1 is 1.26 bits per heavy atom. The minimum atomic E-state index is -1.61. The van der Waals surface area contributed by atoms with Gasteiger partial charge < -0.3 is 30.1 Å². The Balaban J connectivity index is 2.37. The van der Waals surface area contributed by atoms with Gasteiger partial charge in [-0.15, -0.1) is 0 Å². The summed E-state index contributed by atoms with van der Waals surface area (Å²) in [5, 5.41) is 53.6. The summed E-state index contributed by atoms with van der Waals surface area (Å²) in [6.45, 7) is 0.426. The van der Waals surface area contributed by atoms with Crippen molar-refractivity contribution in [2.24, 2.45) is 0 Å². The minimum Gasteiger partial charge on any atom is -0.455 e. The van der Waals surface area contributed by atoms with Gasteiger partial charge in [0.1, 0.15) is 24.4 Å².